The molecule has 1 fully saturated rings. The van der Waals surface area contributed by atoms with Gasteiger partial charge in [-0.2, -0.15) is 0 Å². The number of hydrogen-bond acceptors (Lipinski definition) is 3. The van der Waals surface area contributed by atoms with Gasteiger partial charge in [-0.25, -0.2) is 0 Å². The van der Waals surface area contributed by atoms with Crippen molar-refractivity contribution in [2.75, 3.05) is 13.1 Å². The van der Waals surface area contributed by atoms with Gasteiger partial charge < -0.3 is 15.1 Å². The van der Waals surface area contributed by atoms with Gasteiger partial charge in [-0.15, -0.1) is 0 Å². The van der Waals surface area contributed by atoms with Gasteiger partial charge in [0.05, 0.1) is 6.26 Å². The highest BCUT2D eigenvalue weighted by Gasteiger charge is 2.37. The fraction of sp³-hybridized carbons (Fsp3) is 0.400. The summed E-state index contributed by atoms with van der Waals surface area (Å²) in [6.07, 6.45) is 6.25. The summed E-state index contributed by atoms with van der Waals surface area (Å²) in [4.78, 5) is 23.8. The number of amides is 2. The Morgan fingerprint density at radius 2 is 1.84 bits per heavy atom. The zero-order valence-corrected chi connectivity index (χ0v) is 14.3. The summed E-state index contributed by atoms with van der Waals surface area (Å²) in [6.45, 7) is 1.00. The van der Waals surface area contributed by atoms with Crippen molar-refractivity contribution in [3.8, 4) is 0 Å². The van der Waals surface area contributed by atoms with Crippen molar-refractivity contribution in [2.24, 2.45) is 5.41 Å². The zero-order chi connectivity index (χ0) is 17.5. The maximum atomic E-state index is 12.1. The second kappa shape index (κ2) is 8.01. The van der Waals surface area contributed by atoms with E-state index in [9.17, 15) is 9.59 Å². The minimum absolute atomic E-state index is 0.0286. The Labute approximate surface area is 147 Å². The Balaban J connectivity index is 1.39. The summed E-state index contributed by atoms with van der Waals surface area (Å²) in [7, 11) is 0. The molecule has 0 spiro atoms. The van der Waals surface area contributed by atoms with E-state index in [1.807, 2.05) is 6.07 Å². The molecule has 0 unspecified atom stereocenters. The number of hydrogen-bond donors (Lipinski definition) is 2. The van der Waals surface area contributed by atoms with Crippen molar-refractivity contribution < 1.29 is 14.0 Å². The molecule has 1 aromatic heterocycles. The lowest BCUT2D eigenvalue weighted by molar-refractivity contribution is -0.121. The molecule has 0 aliphatic heterocycles. The van der Waals surface area contributed by atoms with E-state index >= 15 is 0 Å². The zero-order valence-electron chi connectivity index (χ0n) is 14.3. The Hall–Kier alpha value is -2.56. The van der Waals surface area contributed by atoms with Crippen LogP contribution in [0.5, 0.6) is 0 Å². The maximum Gasteiger partial charge on any atom is 0.286 e. The van der Waals surface area contributed by atoms with Gasteiger partial charge in [0, 0.05) is 19.5 Å². The fourth-order valence-electron chi connectivity index (χ4n) is 3.28. The molecule has 25 heavy (non-hydrogen) atoms. The third kappa shape index (κ3) is 4.72. The van der Waals surface area contributed by atoms with Gasteiger partial charge >= 0.3 is 0 Å². The molecule has 1 aliphatic carbocycles. The third-order valence-corrected chi connectivity index (χ3v) is 4.88. The molecule has 5 heteroatoms. The number of furan rings is 1. The molecule has 1 heterocycles. The summed E-state index contributed by atoms with van der Waals surface area (Å²) in [5.74, 6) is -0.0619. The number of carbonyl (C=O) groups excluding carboxylic acids is 2. The predicted molar refractivity (Wildman–Crippen MR) is 95.1 cm³/mol. The van der Waals surface area contributed by atoms with E-state index in [0.717, 1.165) is 19.3 Å². The van der Waals surface area contributed by atoms with Gasteiger partial charge in [-0.05, 0) is 42.4 Å². The second-order valence-corrected chi connectivity index (χ2v) is 6.78. The lowest BCUT2D eigenvalue weighted by Crippen LogP contribution is -2.44. The van der Waals surface area contributed by atoms with Crippen molar-refractivity contribution in [1.82, 2.24) is 10.6 Å². The highest BCUT2D eigenvalue weighted by molar-refractivity contribution is 5.91. The molecule has 2 amide bonds. The van der Waals surface area contributed by atoms with E-state index in [-0.39, 0.29) is 29.4 Å². The number of benzene rings is 1. The SMILES string of the molecule is O=C(CCNC(=O)c1ccco1)NCC1(Cc2ccccc2)CCC1. The molecular weight excluding hydrogens is 316 g/mol. The van der Waals surface area contributed by atoms with Gasteiger partial charge in [0.2, 0.25) is 5.91 Å². The topological polar surface area (TPSA) is 71.3 Å². The molecule has 132 valence electrons. The van der Waals surface area contributed by atoms with E-state index in [4.69, 9.17) is 4.42 Å². The average Bonchev–Trinajstić information content (AvgIpc) is 3.12. The standard InChI is InChI=1S/C20H24N2O3/c23-18(9-12-21-19(24)17-8-4-13-25-17)22-15-20(10-5-11-20)14-16-6-2-1-3-7-16/h1-4,6-8,13H,5,9-12,14-15H2,(H,21,24)(H,22,23). The van der Waals surface area contributed by atoms with Crippen molar-refractivity contribution in [2.45, 2.75) is 32.1 Å². The van der Waals surface area contributed by atoms with E-state index in [0.29, 0.717) is 13.1 Å². The Bertz CT molecular complexity index is 691. The minimum Gasteiger partial charge on any atom is -0.459 e. The van der Waals surface area contributed by atoms with E-state index in [2.05, 4.69) is 34.9 Å². The van der Waals surface area contributed by atoms with Crippen LogP contribution in [0.2, 0.25) is 0 Å². The van der Waals surface area contributed by atoms with Crippen LogP contribution in [0.3, 0.4) is 0 Å². The summed E-state index contributed by atoms with van der Waals surface area (Å²) in [5.41, 5.74) is 1.51. The maximum absolute atomic E-state index is 12.1. The Morgan fingerprint density at radius 3 is 2.48 bits per heavy atom. The highest BCUT2D eigenvalue weighted by atomic mass is 16.3. The van der Waals surface area contributed by atoms with Crippen LogP contribution in [0, 0.1) is 5.41 Å². The smallest absolute Gasteiger partial charge is 0.286 e. The molecule has 5 nitrogen and oxygen atoms in total. The van der Waals surface area contributed by atoms with Crippen LogP contribution in [0.1, 0.15) is 41.8 Å². The van der Waals surface area contributed by atoms with Crippen LogP contribution < -0.4 is 10.6 Å². The lowest BCUT2D eigenvalue weighted by Gasteiger charge is -2.42. The van der Waals surface area contributed by atoms with Crippen molar-refractivity contribution in [3.05, 3.63) is 60.1 Å². The van der Waals surface area contributed by atoms with Crippen LogP contribution in [-0.4, -0.2) is 24.9 Å². The van der Waals surface area contributed by atoms with Crippen LogP contribution >= 0.6 is 0 Å². The van der Waals surface area contributed by atoms with Crippen molar-refractivity contribution >= 4 is 11.8 Å². The van der Waals surface area contributed by atoms with Gasteiger partial charge in [0.1, 0.15) is 0 Å². The first-order valence-corrected chi connectivity index (χ1v) is 8.79. The van der Waals surface area contributed by atoms with Gasteiger partial charge in [-0.3, -0.25) is 9.59 Å². The summed E-state index contributed by atoms with van der Waals surface area (Å²) < 4.78 is 5.01. The Morgan fingerprint density at radius 1 is 1.04 bits per heavy atom. The predicted octanol–water partition coefficient (Wildman–Crippen LogP) is 2.93. The van der Waals surface area contributed by atoms with E-state index in [1.54, 1.807) is 12.1 Å². The highest BCUT2D eigenvalue weighted by Crippen LogP contribution is 2.43. The Kier molecular flexibility index (Phi) is 5.53. The molecule has 0 atom stereocenters. The summed E-state index contributed by atoms with van der Waals surface area (Å²) in [6, 6.07) is 13.7. The van der Waals surface area contributed by atoms with Crippen LogP contribution in [0.4, 0.5) is 0 Å². The third-order valence-electron chi connectivity index (χ3n) is 4.88. The molecule has 1 saturated carbocycles. The average molecular weight is 340 g/mol. The van der Waals surface area contributed by atoms with Crippen molar-refractivity contribution in [3.63, 3.8) is 0 Å². The number of rotatable bonds is 8. The minimum atomic E-state index is -0.294. The first kappa shape index (κ1) is 17.3. The normalized spacial score (nSPS) is 15.2. The largest absolute Gasteiger partial charge is 0.459 e. The molecule has 0 bridgehead atoms. The fourth-order valence-corrected chi connectivity index (χ4v) is 3.28. The molecule has 3 rings (SSSR count). The summed E-state index contributed by atoms with van der Waals surface area (Å²) >= 11 is 0. The van der Waals surface area contributed by atoms with Gasteiger partial charge in [0.15, 0.2) is 5.76 Å². The van der Waals surface area contributed by atoms with Gasteiger partial charge in [-0.1, -0.05) is 36.8 Å². The van der Waals surface area contributed by atoms with Gasteiger partial charge in [0.25, 0.3) is 5.91 Å². The molecule has 2 N–H and O–H groups in total. The monoisotopic (exact) mass is 340 g/mol. The first-order valence-electron chi connectivity index (χ1n) is 8.79. The molecule has 2 aromatic rings. The van der Waals surface area contributed by atoms with E-state index in [1.165, 1.54) is 18.2 Å². The van der Waals surface area contributed by atoms with Crippen LogP contribution in [-0.2, 0) is 11.2 Å². The molecular formula is C20H24N2O3. The molecule has 1 aliphatic rings. The summed E-state index contributed by atoms with van der Waals surface area (Å²) in [5, 5.41) is 5.73. The first-order chi connectivity index (χ1) is 12.2. The lowest BCUT2D eigenvalue weighted by atomic mass is 9.65. The number of nitrogens with one attached hydrogen (secondary N) is 2. The second-order valence-electron chi connectivity index (χ2n) is 6.78. The molecule has 0 radical (unpaired) electrons. The molecule has 1 aromatic carbocycles. The van der Waals surface area contributed by atoms with Crippen molar-refractivity contribution in [1.29, 1.82) is 0 Å². The number of carbonyl (C=O) groups is 2. The van der Waals surface area contributed by atoms with E-state index < -0.39 is 0 Å². The van der Waals surface area contributed by atoms with Crippen LogP contribution in [0.15, 0.2) is 53.1 Å². The quantitative estimate of drug-likeness (QED) is 0.776. The molecule has 0 saturated heterocycles. The van der Waals surface area contributed by atoms with Crippen LogP contribution in [0.25, 0.3) is 0 Å².